The first kappa shape index (κ1) is 35.5. The van der Waals surface area contributed by atoms with E-state index in [1.807, 2.05) is 60.7 Å². The van der Waals surface area contributed by atoms with Gasteiger partial charge in [-0.15, -0.1) is 0 Å². The summed E-state index contributed by atoms with van der Waals surface area (Å²) in [5.74, 6) is 0.927. The molecule has 0 saturated carbocycles. The van der Waals surface area contributed by atoms with Crippen molar-refractivity contribution in [1.29, 1.82) is 0 Å². The van der Waals surface area contributed by atoms with Crippen molar-refractivity contribution in [2.45, 2.75) is 13.1 Å². The SMILES string of the molecule is O=c1c(O)cccn1CCOCCOc1cccc(/C=C/c2ccc(/C=C/c3cccc(OCCOCCn4cccc(O)c4=O)c3)cc2)c1. The van der Waals surface area contributed by atoms with Crippen LogP contribution in [-0.4, -0.2) is 59.0 Å². The van der Waals surface area contributed by atoms with Crippen LogP contribution < -0.4 is 20.6 Å². The van der Waals surface area contributed by atoms with Crippen molar-refractivity contribution in [3.8, 4) is 23.0 Å². The lowest BCUT2D eigenvalue weighted by molar-refractivity contribution is 0.0937. The van der Waals surface area contributed by atoms with Gasteiger partial charge in [-0.05, 0) is 70.8 Å². The Bertz CT molecular complexity index is 1850. The van der Waals surface area contributed by atoms with E-state index in [-0.39, 0.29) is 11.5 Å². The molecule has 0 aliphatic heterocycles. The highest BCUT2D eigenvalue weighted by Gasteiger charge is 2.03. The largest absolute Gasteiger partial charge is 0.503 e. The summed E-state index contributed by atoms with van der Waals surface area (Å²) in [6.07, 6.45) is 11.4. The summed E-state index contributed by atoms with van der Waals surface area (Å²) in [4.78, 5) is 23.7. The number of nitrogens with zero attached hydrogens (tertiary/aromatic N) is 2. The predicted octanol–water partition coefficient (Wildman–Crippen LogP) is 5.95. The van der Waals surface area contributed by atoms with E-state index in [4.69, 9.17) is 18.9 Å². The Kier molecular flexibility index (Phi) is 13.2. The van der Waals surface area contributed by atoms with Crippen LogP contribution in [-0.2, 0) is 22.6 Å². The molecule has 5 rings (SSSR count). The zero-order valence-corrected chi connectivity index (χ0v) is 27.6. The molecule has 10 heteroatoms. The van der Waals surface area contributed by atoms with Crippen LogP contribution in [0.1, 0.15) is 22.3 Å². The number of aromatic hydroxyl groups is 2. The van der Waals surface area contributed by atoms with Gasteiger partial charge in [0.1, 0.15) is 24.7 Å². The Labute approximate surface area is 290 Å². The summed E-state index contributed by atoms with van der Waals surface area (Å²) in [7, 11) is 0. The number of hydrogen-bond acceptors (Lipinski definition) is 8. The van der Waals surface area contributed by atoms with Crippen molar-refractivity contribution in [3.63, 3.8) is 0 Å². The molecular weight excluding hydrogens is 636 g/mol. The maximum Gasteiger partial charge on any atom is 0.292 e. The predicted molar refractivity (Wildman–Crippen MR) is 195 cm³/mol. The average Bonchev–Trinajstić information content (AvgIpc) is 3.13. The minimum Gasteiger partial charge on any atom is -0.503 e. The maximum atomic E-state index is 11.8. The van der Waals surface area contributed by atoms with E-state index in [0.29, 0.717) is 52.7 Å². The first-order chi connectivity index (χ1) is 24.4. The number of rotatable bonds is 18. The van der Waals surface area contributed by atoms with E-state index >= 15 is 0 Å². The van der Waals surface area contributed by atoms with Crippen LogP contribution in [0.3, 0.4) is 0 Å². The molecule has 2 heterocycles. The summed E-state index contributed by atoms with van der Waals surface area (Å²) in [5.41, 5.74) is 3.29. The van der Waals surface area contributed by atoms with Crippen LogP contribution in [0.25, 0.3) is 24.3 Å². The van der Waals surface area contributed by atoms with E-state index in [1.54, 1.807) is 24.5 Å². The number of benzene rings is 3. The van der Waals surface area contributed by atoms with Crippen LogP contribution in [0.15, 0.2) is 119 Å². The van der Waals surface area contributed by atoms with E-state index in [1.165, 1.54) is 21.3 Å². The van der Waals surface area contributed by atoms with E-state index < -0.39 is 11.1 Å². The molecule has 0 saturated heterocycles. The van der Waals surface area contributed by atoms with Crippen molar-refractivity contribution < 1.29 is 29.2 Å². The first-order valence-corrected chi connectivity index (χ1v) is 16.3. The molecule has 2 aromatic heterocycles. The molecule has 50 heavy (non-hydrogen) atoms. The van der Waals surface area contributed by atoms with E-state index in [2.05, 4.69) is 36.4 Å². The Morgan fingerprint density at radius 3 is 1.34 bits per heavy atom. The molecule has 2 N–H and O–H groups in total. The fourth-order valence-electron chi connectivity index (χ4n) is 4.89. The highest BCUT2D eigenvalue weighted by atomic mass is 16.5. The Hall–Kier alpha value is -5.84. The fourth-order valence-corrected chi connectivity index (χ4v) is 4.89. The van der Waals surface area contributed by atoms with Crippen LogP contribution >= 0.6 is 0 Å². The molecule has 0 radical (unpaired) electrons. The standard InChI is InChI=1S/C40H40N2O8/c43-37-9-3-19-41(39(37)45)21-23-47-25-27-49-35-7-1-5-33(29-35)17-15-31-11-13-32(14-12-31)16-18-34-6-2-8-36(30-34)50-28-26-48-24-22-42-20-4-10-38(44)40(42)46/h1-20,29-30,43-44H,21-28H2/b17-15+,18-16+. The Balaban J connectivity index is 1.01. The zero-order valence-electron chi connectivity index (χ0n) is 27.6. The van der Waals surface area contributed by atoms with Gasteiger partial charge in [-0.2, -0.15) is 0 Å². The lowest BCUT2D eigenvalue weighted by Crippen LogP contribution is -2.21. The molecule has 0 amide bonds. The highest BCUT2D eigenvalue weighted by molar-refractivity contribution is 5.73. The summed E-state index contributed by atoms with van der Waals surface area (Å²) in [6.45, 7) is 2.86. The third-order valence-electron chi connectivity index (χ3n) is 7.54. The van der Waals surface area contributed by atoms with Crippen molar-refractivity contribution >= 4 is 24.3 Å². The summed E-state index contributed by atoms with van der Waals surface area (Å²) >= 11 is 0. The second-order valence-electron chi connectivity index (χ2n) is 11.2. The second-order valence-corrected chi connectivity index (χ2v) is 11.2. The van der Waals surface area contributed by atoms with Crippen LogP contribution in [0.5, 0.6) is 23.0 Å². The number of hydrogen-bond donors (Lipinski definition) is 2. The molecule has 0 atom stereocenters. The number of pyridine rings is 2. The number of aromatic nitrogens is 2. The monoisotopic (exact) mass is 676 g/mol. The average molecular weight is 677 g/mol. The third kappa shape index (κ3) is 11.1. The fraction of sp³-hybridized carbons (Fsp3) is 0.200. The lowest BCUT2D eigenvalue weighted by Gasteiger charge is -2.09. The molecule has 0 spiro atoms. The minimum absolute atomic E-state index is 0.276. The molecule has 0 aliphatic rings. The van der Waals surface area contributed by atoms with Gasteiger partial charge >= 0.3 is 0 Å². The quantitative estimate of drug-likeness (QED) is 0.0863. The molecule has 3 aromatic carbocycles. The van der Waals surface area contributed by atoms with Crippen molar-refractivity contribution in [2.24, 2.45) is 0 Å². The zero-order chi connectivity index (χ0) is 35.0. The van der Waals surface area contributed by atoms with Gasteiger partial charge in [-0.3, -0.25) is 9.59 Å². The van der Waals surface area contributed by atoms with Gasteiger partial charge in [-0.1, -0.05) is 72.8 Å². The van der Waals surface area contributed by atoms with Gasteiger partial charge < -0.3 is 38.3 Å². The van der Waals surface area contributed by atoms with Gasteiger partial charge in [-0.25, -0.2) is 0 Å². The van der Waals surface area contributed by atoms with Crippen molar-refractivity contribution in [3.05, 3.63) is 152 Å². The van der Waals surface area contributed by atoms with Gasteiger partial charge in [0.05, 0.1) is 26.4 Å². The summed E-state index contributed by atoms with van der Waals surface area (Å²) < 4.78 is 25.6. The third-order valence-corrected chi connectivity index (χ3v) is 7.54. The molecular formula is C40H40N2O8. The molecule has 10 nitrogen and oxygen atoms in total. The summed E-state index contributed by atoms with van der Waals surface area (Å²) in [5, 5.41) is 19.0. The summed E-state index contributed by atoms with van der Waals surface area (Å²) in [6, 6.07) is 29.9. The Morgan fingerprint density at radius 2 is 0.900 bits per heavy atom. The lowest BCUT2D eigenvalue weighted by atomic mass is 10.1. The van der Waals surface area contributed by atoms with Gasteiger partial charge in [0, 0.05) is 25.5 Å². The minimum atomic E-state index is -0.434. The first-order valence-electron chi connectivity index (χ1n) is 16.3. The van der Waals surface area contributed by atoms with Gasteiger partial charge in [0.25, 0.3) is 11.1 Å². The molecule has 0 aliphatic carbocycles. The van der Waals surface area contributed by atoms with Crippen LogP contribution in [0.4, 0.5) is 0 Å². The maximum absolute atomic E-state index is 11.8. The molecule has 0 bridgehead atoms. The molecule has 0 fully saturated rings. The highest BCUT2D eigenvalue weighted by Crippen LogP contribution is 2.18. The molecule has 0 unspecified atom stereocenters. The molecule has 5 aromatic rings. The van der Waals surface area contributed by atoms with Crippen molar-refractivity contribution in [2.75, 3.05) is 39.6 Å². The molecule has 258 valence electrons. The van der Waals surface area contributed by atoms with Crippen LogP contribution in [0.2, 0.25) is 0 Å². The topological polar surface area (TPSA) is 121 Å². The smallest absolute Gasteiger partial charge is 0.292 e. The normalized spacial score (nSPS) is 11.4. The Morgan fingerprint density at radius 1 is 0.480 bits per heavy atom. The van der Waals surface area contributed by atoms with E-state index in [9.17, 15) is 19.8 Å². The van der Waals surface area contributed by atoms with Gasteiger partial charge in [0.2, 0.25) is 0 Å². The van der Waals surface area contributed by atoms with Crippen molar-refractivity contribution in [1.82, 2.24) is 9.13 Å². The second kappa shape index (κ2) is 18.6. The number of ether oxygens (including phenoxy) is 4. The van der Waals surface area contributed by atoms with Gasteiger partial charge in [0.15, 0.2) is 11.5 Å². The van der Waals surface area contributed by atoms with E-state index in [0.717, 1.165) is 33.8 Å². The van der Waals surface area contributed by atoms with Crippen LogP contribution in [0, 0.1) is 0 Å².